The molecule has 0 saturated carbocycles. The number of halogens is 1. The van der Waals surface area contributed by atoms with Crippen LogP contribution in [0.3, 0.4) is 0 Å². The van der Waals surface area contributed by atoms with Gasteiger partial charge in [0.1, 0.15) is 12.1 Å². The van der Waals surface area contributed by atoms with E-state index in [4.69, 9.17) is 8.83 Å². The number of benzene rings is 2. The van der Waals surface area contributed by atoms with E-state index in [0.717, 1.165) is 0 Å². The van der Waals surface area contributed by atoms with Gasteiger partial charge in [0.2, 0.25) is 5.89 Å². The van der Waals surface area contributed by atoms with E-state index in [2.05, 4.69) is 15.5 Å². The van der Waals surface area contributed by atoms with Crippen molar-refractivity contribution in [1.29, 1.82) is 0 Å². The van der Waals surface area contributed by atoms with E-state index in [9.17, 15) is 14.0 Å². The van der Waals surface area contributed by atoms with Gasteiger partial charge in [-0.3, -0.25) is 9.59 Å². The van der Waals surface area contributed by atoms with Crippen LogP contribution in [0.1, 0.15) is 27.6 Å². The van der Waals surface area contributed by atoms with Crippen LogP contribution in [0.2, 0.25) is 0 Å². The minimum atomic E-state index is -0.605. The average Bonchev–Trinajstić information content (AvgIpc) is 3.38. The summed E-state index contributed by atoms with van der Waals surface area (Å²) >= 11 is 0. The second-order valence-electron chi connectivity index (χ2n) is 6.18. The van der Waals surface area contributed by atoms with Gasteiger partial charge in [0.05, 0.1) is 11.1 Å². The zero-order chi connectivity index (χ0) is 20.4. The fourth-order valence-electron chi connectivity index (χ4n) is 2.65. The number of nitrogens with zero attached hydrogens (tertiary/aromatic N) is 2. The Kier molecular flexibility index (Phi) is 4.74. The number of amides is 1. The number of ketones is 1. The topological polar surface area (TPSA) is 98.2 Å². The van der Waals surface area contributed by atoms with Crippen molar-refractivity contribution in [2.45, 2.75) is 6.92 Å². The van der Waals surface area contributed by atoms with Gasteiger partial charge in [0.25, 0.3) is 11.8 Å². The summed E-state index contributed by atoms with van der Waals surface area (Å²) in [5.41, 5.74) is 1.33. The third-order valence-electron chi connectivity index (χ3n) is 4.13. The van der Waals surface area contributed by atoms with Crippen LogP contribution in [0, 0.1) is 5.82 Å². The molecule has 0 bridgehead atoms. The lowest BCUT2D eigenvalue weighted by atomic mass is 10.1. The molecular formula is C21H14FN3O4. The number of Topliss-reactive ketones (excluding diaryl/α,β-unsaturated/α-hetero) is 1. The second kappa shape index (κ2) is 7.51. The van der Waals surface area contributed by atoms with Crippen molar-refractivity contribution in [2.24, 2.45) is 0 Å². The van der Waals surface area contributed by atoms with Crippen LogP contribution >= 0.6 is 0 Å². The van der Waals surface area contributed by atoms with Crippen molar-refractivity contribution in [3.63, 3.8) is 0 Å². The first-order chi connectivity index (χ1) is 14.0. The van der Waals surface area contributed by atoms with Crippen LogP contribution < -0.4 is 5.32 Å². The van der Waals surface area contributed by atoms with Gasteiger partial charge in [0.15, 0.2) is 11.5 Å². The molecule has 4 rings (SSSR count). The third-order valence-corrected chi connectivity index (χ3v) is 4.13. The summed E-state index contributed by atoms with van der Waals surface area (Å²) in [4.78, 5) is 23.7. The van der Waals surface area contributed by atoms with Gasteiger partial charge in [-0.15, -0.1) is 10.2 Å². The van der Waals surface area contributed by atoms with Crippen molar-refractivity contribution < 1.29 is 22.8 Å². The molecule has 0 fully saturated rings. The second-order valence-corrected chi connectivity index (χ2v) is 6.18. The zero-order valence-electron chi connectivity index (χ0n) is 15.2. The fourth-order valence-corrected chi connectivity index (χ4v) is 2.65. The maximum Gasteiger partial charge on any atom is 0.283 e. The van der Waals surface area contributed by atoms with E-state index >= 15 is 0 Å². The lowest BCUT2D eigenvalue weighted by Crippen LogP contribution is -2.13. The summed E-state index contributed by atoms with van der Waals surface area (Å²) in [7, 11) is 0. The van der Waals surface area contributed by atoms with Crippen molar-refractivity contribution >= 4 is 17.4 Å². The van der Waals surface area contributed by atoms with Crippen LogP contribution in [0.15, 0.2) is 69.7 Å². The van der Waals surface area contributed by atoms with Gasteiger partial charge in [-0.05, 0) is 37.3 Å². The number of carbonyl (C=O) groups excluding carboxylic acids is 2. The Bertz CT molecular complexity index is 1210. The van der Waals surface area contributed by atoms with Gasteiger partial charge >= 0.3 is 0 Å². The SMILES string of the molecule is CC(=O)c1coc(-c2nnc(-c3cccc(NC(=O)c4ccccc4F)c3)o2)c1. The molecule has 0 unspecified atom stereocenters. The molecule has 4 aromatic rings. The number of nitrogens with one attached hydrogen (secondary N) is 1. The van der Waals surface area contributed by atoms with Gasteiger partial charge in [-0.1, -0.05) is 18.2 Å². The average molecular weight is 391 g/mol. The molecule has 2 aromatic heterocycles. The molecule has 7 nitrogen and oxygen atoms in total. The monoisotopic (exact) mass is 391 g/mol. The van der Waals surface area contributed by atoms with Gasteiger partial charge in [0, 0.05) is 17.3 Å². The highest BCUT2D eigenvalue weighted by atomic mass is 19.1. The number of rotatable bonds is 5. The van der Waals surface area contributed by atoms with Crippen molar-refractivity contribution in [3.8, 4) is 23.1 Å². The molecule has 0 spiro atoms. The molecule has 1 amide bonds. The van der Waals surface area contributed by atoms with E-state index < -0.39 is 11.7 Å². The lowest BCUT2D eigenvalue weighted by molar-refractivity contribution is 0.101. The Hall–Kier alpha value is -4.07. The van der Waals surface area contributed by atoms with E-state index in [0.29, 0.717) is 16.8 Å². The summed E-state index contributed by atoms with van der Waals surface area (Å²) < 4.78 is 24.7. The predicted octanol–water partition coefficient (Wildman–Crippen LogP) is 4.59. The van der Waals surface area contributed by atoms with Gasteiger partial charge < -0.3 is 14.2 Å². The van der Waals surface area contributed by atoms with Crippen LogP contribution in [0.5, 0.6) is 0 Å². The number of furan rings is 1. The highest BCUT2D eigenvalue weighted by Crippen LogP contribution is 2.27. The minimum Gasteiger partial charge on any atom is -0.458 e. The van der Waals surface area contributed by atoms with E-state index in [1.165, 1.54) is 37.5 Å². The van der Waals surface area contributed by atoms with E-state index in [1.54, 1.807) is 30.3 Å². The van der Waals surface area contributed by atoms with Crippen molar-refractivity contribution in [1.82, 2.24) is 10.2 Å². The first-order valence-corrected chi connectivity index (χ1v) is 8.61. The summed E-state index contributed by atoms with van der Waals surface area (Å²) in [6.07, 6.45) is 1.32. The molecule has 0 aliphatic heterocycles. The molecule has 0 aliphatic rings. The van der Waals surface area contributed by atoms with Gasteiger partial charge in [-0.2, -0.15) is 0 Å². The summed E-state index contributed by atoms with van der Waals surface area (Å²) in [5, 5.41) is 10.5. The molecule has 144 valence electrons. The van der Waals surface area contributed by atoms with Crippen molar-refractivity contribution in [3.05, 3.63) is 77.8 Å². The quantitative estimate of drug-likeness (QED) is 0.500. The standard InChI is InChI=1S/C21H14FN3O4/c1-12(26)14-10-18(28-11-14)21-25-24-20(29-21)13-5-4-6-15(9-13)23-19(27)16-7-2-3-8-17(16)22/h2-11H,1H3,(H,23,27). The summed E-state index contributed by atoms with van der Waals surface area (Å²) in [6, 6.07) is 13.9. The first-order valence-electron chi connectivity index (χ1n) is 8.61. The highest BCUT2D eigenvalue weighted by molar-refractivity contribution is 6.04. The largest absolute Gasteiger partial charge is 0.458 e. The Morgan fingerprint density at radius 1 is 1.00 bits per heavy atom. The Morgan fingerprint density at radius 2 is 1.79 bits per heavy atom. The fraction of sp³-hybridized carbons (Fsp3) is 0.0476. The van der Waals surface area contributed by atoms with Crippen LogP contribution in [0.25, 0.3) is 23.1 Å². The minimum absolute atomic E-state index is 0.0583. The van der Waals surface area contributed by atoms with Gasteiger partial charge in [-0.25, -0.2) is 4.39 Å². The molecule has 0 aliphatic carbocycles. The molecule has 0 saturated heterocycles. The maximum absolute atomic E-state index is 13.8. The summed E-state index contributed by atoms with van der Waals surface area (Å²) in [6.45, 7) is 1.43. The third kappa shape index (κ3) is 3.81. The Balaban J connectivity index is 1.56. The normalized spacial score (nSPS) is 10.7. The van der Waals surface area contributed by atoms with Crippen LogP contribution in [-0.2, 0) is 0 Å². The number of aromatic nitrogens is 2. The lowest BCUT2D eigenvalue weighted by Gasteiger charge is -2.06. The maximum atomic E-state index is 13.8. The van der Waals surface area contributed by atoms with Crippen LogP contribution in [0.4, 0.5) is 10.1 Å². The van der Waals surface area contributed by atoms with Crippen molar-refractivity contribution in [2.75, 3.05) is 5.32 Å². The number of hydrogen-bond acceptors (Lipinski definition) is 6. The first kappa shape index (κ1) is 18.3. The Labute approximate surface area is 164 Å². The Morgan fingerprint density at radius 3 is 2.55 bits per heavy atom. The summed E-state index contributed by atoms with van der Waals surface area (Å²) in [5.74, 6) is -0.725. The number of hydrogen-bond donors (Lipinski definition) is 1. The number of anilines is 1. The highest BCUT2D eigenvalue weighted by Gasteiger charge is 2.16. The van der Waals surface area contributed by atoms with E-state index in [-0.39, 0.29) is 28.9 Å². The molecule has 1 N–H and O–H groups in total. The molecular weight excluding hydrogens is 377 g/mol. The molecule has 0 radical (unpaired) electrons. The van der Waals surface area contributed by atoms with E-state index in [1.807, 2.05) is 0 Å². The van der Waals surface area contributed by atoms with Crippen LogP contribution in [-0.4, -0.2) is 21.9 Å². The predicted molar refractivity (Wildman–Crippen MR) is 102 cm³/mol. The zero-order valence-corrected chi connectivity index (χ0v) is 15.2. The molecule has 2 aromatic carbocycles. The smallest absolute Gasteiger partial charge is 0.283 e. The molecule has 0 atom stereocenters. The molecule has 8 heteroatoms. The molecule has 29 heavy (non-hydrogen) atoms. The number of carbonyl (C=O) groups is 2. The molecule has 2 heterocycles.